The number of nitrogens with zero attached hydrogens (tertiary/aromatic N) is 3. The summed E-state index contributed by atoms with van der Waals surface area (Å²) in [4.78, 5) is 59.3. The molecule has 1 saturated heterocycles. The number of nitro groups is 2. The molecule has 192 valence electrons. The number of nitro benzene ring substituents is 2. The van der Waals surface area contributed by atoms with Gasteiger partial charge in [-0.3, -0.25) is 35.1 Å². The van der Waals surface area contributed by atoms with Crippen LogP contribution in [0.4, 0.5) is 21.9 Å². The van der Waals surface area contributed by atoms with E-state index < -0.39 is 39.1 Å². The summed E-state index contributed by atoms with van der Waals surface area (Å²) in [5.74, 6) is -2.41. The number of halogens is 3. The van der Waals surface area contributed by atoms with E-state index in [-0.39, 0.29) is 38.4 Å². The fraction of sp³-hybridized carbons (Fsp3) is 0. The highest BCUT2D eigenvalue weighted by atomic mass is 79.9. The average Bonchev–Trinajstić information content (AvgIpc) is 2.85. The molecular formula is C23H11BrCl2N4O8. The molecule has 1 aliphatic rings. The summed E-state index contributed by atoms with van der Waals surface area (Å²) in [5.41, 5.74) is -1.21. The zero-order chi connectivity index (χ0) is 27.7. The van der Waals surface area contributed by atoms with Crippen LogP contribution in [0.15, 0.2) is 64.6 Å². The molecule has 1 N–H and O–H groups in total. The molecule has 3 aromatic rings. The molecule has 0 unspecified atom stereocenters. The third-order valence-electron chi connectivity index (χ3n) is 5.08. The van der Waals surface area contributed by atoms with Gasteiger partial charge in [0.1, 0.15) is 5.57 Å². The number of carbonyl (C=O) groups is 3. The number of amides is 4. The van der Waals surface area contributed by atoms with Crippen molar-refractivity contribution in [3.8, 4) is 11.5 Å². The Kier molecular flexibility index (Phi) is 7.44. The summed E-state index contributed by atoms with van der Waals surface area (Å²) in [5, 5.41) is 24.1. The lowest BCUT2D eigenvalue weighted by Crippen LogP contribution is -2.54. The number of benzene rings is 3. The van der Waals surface area contributed by atoms with Gasteiger partial charge in [-0.25, -0.2) is 9.69 Å². The Morgan fingerprint density at radius 2 is 1.55 bits per heavy atom. The van der Waals surface area contributed by atoms with Crippen molar-refractivity contribution in [2.24, 2.45) is 0 Å². The molecule has 0 atom stereocenters. The molecule has 0 aliphatic carbocycles. The van der Waals surface area contributed by atoms with Gasteiger partial charge in [-0.15, -0.1) is 0 Å². The van der Waals surface area contributed by atoms with E-state index in [2.05, 4.69) is 21.2 Å². The smallest absolute Gasteiger partial charge is 0.335 e. The molecule has 12 nitrogen and oxygen atoms in total. The molecule has 0 spiro atoms. The lowest BCUT2D eigenvalue weighted by molar-refractivity contribution is -0.394. The van der Waals surface area contributed by atoms with Crippen LogP contribution in [-0.2, 0) is 9.59 Å². The number of carbonyl (C=O) groups excluding carboxylic acids is 3. The van der Waals surface area contributed by atoms with Crippen molar-refractivity contribution in [1.29, 1.82) is 0 Å². The van der Waals surface area contributed by atoms with E-state index in [1.165, 1.54) is 24.3 Å². The summed E-state index contributed by atoms with van der Waals surface area (Å²) in [6.07, 6.45) is 1.16. The quantitative estimate of drug-likeness (QED) is 0.151. The fourth-order valence-corrected chi connectivity index (χ4v) is 4.21. The van der Waals surface area contributed by atoms with Gasteiger partial charge in [0.2, 0.25) is 5.75 Å². The zero-order valence-electron chi connectivity index (χ0n) is 18.5. The summed E-state index contributed by atoms with van der Waals surface area (Å²) in [6, 6.07) is 10.6. The van der Waals surface area contributed by atoms with Crippen LogP contribution in [0, 0.1) is 20.2 Å². The Hall–Kier alpha value is -4.33. The number of ether oxygens (including phenoxy) is 1. The molecule has 4 amide bonds. The van der Waals surface area contributed by atoms with Crippen molar-refractivity contribution in [1.82, 2.24) is 5.32 Å². The van der Waals surface area contributed by atoms with Gasteiger partial charge in [-0.1, -0.05) is 39.1 Å². The molecule has 3 aromatic carbocycles. The van der Waals surface area contributed by atoms with Crippen molar-refractivity contribution in [2.75, 3.05) is 4.90 Å². The van der Waals surface area contributed by atoms with Crippen molar-refractivity contribution < 1.29 is 29.0 Å². The van der Waals surface area contributed by atoms with E-state index in [4.69, 9.17) is 27.9 Å². The standard InChI is InChI=1S/C23H11BrCl2N4O8/c24-12-1-3-13(4-2-12)28-22(32)15(21(31)27-23(28)33)7-11-8-16(25)20(17(26)9-11)38-19-6-5-14(29(34)35)10-18(19)30(36)37/h1-10H,(H,27,31,33)/b15-7+. The van der Waals surface area contributed by atoms with E-state index >= 15 is 0 Å². The molecule has 4 rings (SSSR count). The zero-order valence-corrected chi connectivity index (χ0v) is 21.6. The topological polar surface area (TPSA) is 162 Å². The maximum atomic E-state index is 13.1. The van der Waals surface area contributed by atoms with Gasteiger partial charge < -0.3 is 4.74 Å². The normalized spacial score (nSPS) is 14.4. The molecule has 0 saturated carbocycles. The van der Waals surface area contributed by atoms with Gasteiger partial charge in [-0.2, -0.15) is 0 Å². The van der Waals surface area contributed by atoms with Crippen LogP contribution >= 0.6 is 39.1 Å². The minimum absolute atomic E-state index is 0.151. The third kappa shape index (κ3) is 5.34. The SMILES string of the molecule is O=C1NC(=O)N(c2ccc(Br)cc2)C(=O)/C1=C/c1cc(Cl)c(Oc2ccc([N+](=O)[O-])cc2[N+](=O)[O-])c(Cl)c1. The largest absolute Gasteiger partial charge is 0.447 e. The first-order valence-electron chi connectivity index (χ1n) is 10.2. The first kappa shape index (κ1) is 26.7. The Morgan fingerprint density at radius 3 is 2.13 bits per heavy atom. The maximum Gasteiger partial charge on any atom is 0.335 e. The predicted octanol–water partition coefficient (Wildman–Crippen LogP) is 6.03. The molecule has 0 radical (unpaired) electrons. The Balaban J connectivity index is 1.68. The number of non-ortho nitro benzene ring substituents is 1. The highest BCUT2D eigenvalue weighted by molar-refractivity contribution is 9.10. The lowest BCUT2D eigenvalue weighted by atomic mass is 10.1. The summed E-state index contributed by atoms with van der Waals surface area (Å²) in [6.45, 7) is 0. The minimum Gasteiger partial charge on any atom is -0.447 e. The van der Waals surface area contributed by atoms with Gasteiger partial charge in [0.15, 0.2) is 5.75 Å². The van der Waals surface area contributed by atoms with Crippen LogP contribution < -0.4 is 15.0 Å². The monoisotopic (exact) mass is 620 g/mol. The predicted molar refractivity (Wildman–Crippen MR) is 139 cm³/mol. The van der Waals surface area contributed by atoms with E-state index in [0.717, 1.165) is 29.2 Å². The van der Waals surface area contributed by atoms with Gasteiger partial charge in [0.05, 0.1) is 31.6 Å². The molecule has 0 aromatic heterocycles. The van der Waals surface area contributed by atoms with E-state index in [1.807, 2.05) is 0 Å². The third-order valence-corrected chi connectivity index (χ3v) is 6.17. The number of barbiturate groups is 1. The molecule has 0 bridgehead atoms. The summed E-state index contributed by atoms with van der Waals surface area (Å²) in [7, 11) is 0. The average molecular weight is 622 g/mol. The van der Waals surface area contributed by atoms with Gasteiger partial charge in [-0.05, 0) is 54.1 Å². The van der Waals surface area contributed by atoms with E-state index in [9.17, 15) is 34.6 Å². The number of rotatable bonds is 6. The molecule has 1 heterocycles. The van der Waals surface area contributed by atoms with Crippen LogP contribution in [0.1, 0.15) is 5.56 Å². The van der Waals surface area contributed by atoms with Crippen LogP contribution in [-0.4, -0.2) is 27.7 Å². The number of imide groups is 2. The number of nitrogens with one attached hydrogen (secondary N) is 1. The highest BCUT2D eigenvalue weighted by Gasteiger charge is 2.37. The second-order valence-corrected chi connectivity index (χ2v) is 9.25. The van der Waals surface area contributed by atoms with Crippen LogP contribution in [0.25, 0.3) is 6.08 Å². The number of anilines is 1. The van der Waals surface area contributed by atoms with E-state index in [0.29, 0.717) is 4.47 Å². The van der Waals surface area contributed by atoms with Gasteiger partial charge in [0.25, 0.3) is 17.5 Å². The molecular weight excluding hydrogens is 611 g/mol. The molecule has 1 aliphatic heterocycles. The second kappa shape index (κ2) is 10.6. The molecule has 1 fully saturated rings. The minimum atomic E-state index is -0.942. The van der Waals surface area contributed by atoms with Gasteiger partial charge >= 0.3 is 11.7 Å². The van der Waals surface area contributed by atoms with Crippen LogP contribution in [0.2, 0.25) is 10.0 Å². The van der Waals surface area contributed by atoms with Crippen LogP contribution in [0.5, 0.6) is 11.5 Å². The van der Waals surface area contributed by atoms with Crippen LogP contribution in [0.3, 0.4) is 0 Å². The van der Waals surface area contributed by atoms with Crippen molar-refractivity contribution in [2.45, 2.75) is 0 Å². The molecule has 38 heavy (non-hydrogen) atoms. The Morgan fingerprint density at radius 1 is 0.921 bits per heavy atom. The first-order chi connectivity index (χ1) is 18.0. The summed E-state index contributed by atoms with van der Waals surface area (Å²) < 4.78 is 6.21. The second-order valence-electron chi connectivity index (χ2n) is 7.52. The van der Waals surface area contributed by atoms with E-state index in [1.54, 1.807) is 12.1 Å². The number of urea groups is 1. The van der Waals surface area contributed by atoms with Crippen molar-refractivity contribution >= 4 is 80.1 Å². The number of hydrogen-bond donors (Lipinski definition) is 1. The lowest BCUT2D eigenvalue weighted by Gasteiger charge is -2.26. The Labute approximate surface area is 230 Å². The first-order valence-corrected chi connectivity index (χ1v) is 11.8. The Bertz CT molecular complexity index is 1550. The van der Waals surface area contributed by atoms with Crippen molar-refractivity contribution in [3.63, 3.8) is 0 Å². The fourth-order valence-electron chi connectivity index (χ4n) is 3.37. The summed E-state index contributed by atoms with van der Waals surface area (Å²) >= 11 is 15.8. The highest BCUT2D eigenvalue weighted by Crippen LogP contribution is 2.41. The number of hydrogen-bond acceptors (Lipinski definition) is 8. The molecule has 15 heteroatoms. The van der Waals surface area contributed by atoms with Crippen molar-refractivity contribution in [3.05, 3.63) is 100 Å². The maximum absolute atomic E-state index is 13.1. The van der Waals surface area contributed by atoms with Gasteiger partial charge in [0, 0.05) is 10.5 Å².